The van der Waals surface area contributed by atoms with Gasteiger partial charge in [-0.1, -0.05) is 41.9 Å². The second kappa shape index (κ2) is 5.63. The van der Waals surface area contributed by atoms with E-state index in [9.17, 15) is 0 Å². The van der Waals surface area contributed by atoms with E-state index in [4.69, 9.17) is 17.3 Å². The number of thiophene rings is 1. The Morgan fingerprint density at radius 3 is 2.63 bits per heavy atom. The van der Waals surface area contributed by atoms with Gasteiger partial charge in [0.1, 0.15) is 0 Å². The summed E-state index contributed by atoms with van der Waals surface area (Å²) >= 11 is 7.63. The summed E-state index contributed by atoms with van der Waals surface area (Å²) in [5.74, 6) is 0.441. The molecule has 100 valence electrons. The monoisotopic (exact) mass is 292 g/mol. The molecule has 2 nitrogen and oxygen atoms in total. The number of likely N-dealkylation sites (tertiary alicyclic amines) is 1. The SMILES string of the molecule is N[C@@H]1CN(Cc2ccc(Cl)s2)C[C@H]1c1ccccc1. The number of hydrogen-bond donors (Lipinski definition) is 1. The van der Waals surface area contributed by atoms with E-state index in [1.807, 2.05) is 6.07 Å². The van der Waals surface area contributed by atoms with Gasteiger partial charge in [-0.15, -0.1) is 11.3 Å². The van der Waals surface area contributed by atoms with E-state index in [-0.39, 0.29) is 6.04 Å². The molecule has 0 spiro atoms. The Bertz CT molecular complexity index is 540. The zero-order valence-electron chi connectivity index (χ0n) is 10.6. The summed E-state index contributed by atoms with van der Waals surface area (Å²) in [5, 5.41) is 0. The molecule has 1 aliphatic rings. The van der Waals surface area contributed by atoms with Crippen LogP contribution >= 0.6 is 22.9 Å². The lowest BCUT2D eigenvalue weighted by molar-refractivity contribution is 0.327. The average Bonchev–Trinajstić information content (AvgIpc) is 2.97. The molecule has 3 rings (SSSR count). The van der Waals surface area contributed by atoms with E-state index < -0.39 is 0 Å². The normalized spacial score (nSPS) is 23.9. The number of nitrogens with zero attached hydrogens (tertiary/aromatic N) is 1. The predicted octanol–water partition coefficient (Wildman–Crippen LogP) is 3.33. The van der Waals surface area contributed by atoms with Gasteiger partial charge in [0.05, 0.1) is 4.34 Å². The van der Waals surface area contributed by atoms with Crippen LogP contribution in [-0.2, 0) is 6.54 Å². The lowest BCUT2D eigenvalue weighted by Gasteiger charge is -2.15. The highest BCUT2D eigenvalue weighted by atomic mass is 35.5. The van der Waals surface area contributed by atoms with E-state index in [0.717, 1.165) is 24.0 Å². The molecular weight excluding hydrogens is 276 g/mol. The van der Waals surface area contributed by atoms with E-state index in [2.05, 4.69) is 41.3 Å². The van der Waals surface area contributed by atoms with E-state index in [1.165, 1.54) is 10.4 Å². The first-order chi connectivity index (χ1) is 9.22. The van der Waals surface area contributed by atoms with Gasteiger partial charge in [0.25, 0.3) is 0 Å². The maximum absolute atomic E-state index is 6.30. The Hall–Kier alpha value is -0.870. The van der Waals surface area contributed by atoms with Crippen LogP contribution in [-0.4, -0.2) is 24.0 Å². The molecule has 0 unspecified atom stereocenters. The molecule has 0 bridgehead atoms. The van der Waals surface area contributed by atoms with Crippen molar-refractivity contribution in [2.24, 2.45) is 5.73 Å². The minimum absolute atomic E-state index is 0.220. The van der Waals surface area contributed by atoms with Crippen LogP contribution in [0.5, 0.6) is 0 Å². The zero-order valence-corrected chi connectivity index (χ0v) is 12.2. The summed E-state index contributed by atoms with van der Waals surface area (Å²) in [5.41, 5.74) is 7.64. The lowest BCUT2D eigenvalue weighted by atomic mass is 9.95. The third kappa shape index (κ3) is 3.00. The summed E-state index contributed by atoms with van der Waals surface area (Å²) in [4.78, 5) is 3.73. The van der Waals surface area contributed by atoms with Crippen molar-refractivity contribution < 1.29 is 0 Å². The van der Waals surface area contributed by atoms with Gasteiger partial charge in [-0.3, -0.25) is 4.90 Å². The second-order valence-corrected chi connectivity index (χ2v) is 6.88. The fourth-order valence-electron chi connectivity index (χ4n) is 2.75. The quantitative estimate of drug-likeness (QED) is 0.940. The van der Waals surface area contributed by atoms with Gasteiger partial charge in [-0.05, 0) is 17.7 Å². The zero-order chi connectivity index (χ0) is 13.2. The van der Waals surface area contributed by atoms with Crippen molar-refractivity contribution in [3.05, 3.63) is 57.2 Å². The Morgan fingerprint density at radius 1 is 1.16 bits per heavy atom. The molecule has 1 saturated heterocycles. The Morgan fingerprint density at radius 2 is 1.95 bits per heavy atom. The molecule has 0 saturated carbocycles. The standard InChI is InChI=1S/C15H17ClN2S/c16-15-7-6-12(19-15)8-18-9-13(14(17)10-18)11-4-2-1-3-5-11/h1-7,13-14H,8-10,17H2/t13-,14+/m0/s1. The summed E-state index contributed by atoms with van der Waals surface area (Å²) < 4.78 is 0.859. The maximum Gasteiger partial charge on any atom is 0.0931 e. The smallest absolute Gasteiger partial charge is 0.0931 e. The molecule has 2 atom stereocenters. The Labute approximate surface area is 122 Å². The first kappa shape index (κ1) is 13.1. The predicted molar refractivity (Wildman–Crippen MR) is 81.8 cm³/mol. The minimum Gasteiger partial charge on any atom is -0.326 e. The summed E-state index contributed by atoms with van der Waals surface area (Å²) in [6, 6.07) is 14.9. The molecule has 1 aromatic carbocycles. The Kier molecular flexibility index (Phi) is 3.89. The topological polar surface area (TPSA) is 29.3 Å². The number of halogens is 1. The van der Waals surface area contributed by atoms with E-state index in [1.54, 1.807) is 11.3 Å². The van der Waals surface area contributed by atoms with Gasteiger partial charge in [-0.2, -0.15) is 0 Å². The van der Waals surface area contributed by atoms with Crippen molar-refractivity contribution in [3.63, 3.8) is 0 Å². The van der Waals surface area contributed by atoms with Crippen LogP contribution < -0.4 is 5.73 Å². The molecule has 0 radical (unpaired) electrons. The van der Waals surface area contributed by atoms with E-state index >= 15 is 0 Å². The summed E-state index contributed by atoms with van der Waals surface area (Å²) in [6.07, 6.45) is 0. The lowest BCUT2D eigenvalue weighted by Crippen LogP contribution is -2.28. The fourth-order valence-corrected chi connectivity index (χ4v) is 3.88. The molecule has 4 heteroatoms. The molecule has 1 aliphatic heterocycles. The van der Waals surface area contributed by atoms with Crippen molar-refractivity contribution in [3.8, 4) is 0 Å². The molecule has 1 aromatic heterocycles. The molecule has 2 N–H and O–H groups in total. The molecule has 2 aromatic rings. The fraction of sp³-hybridized carbons (Fsp3) is 0.333. The maximum atomic E-state index is 6.30. The number of hydrogen-bond acceptors (Lipinski definition) is 3. The second-order valence-electron chi connectivity index (χ2n) is 5.08. The van der Waals surface area contributed by atoms with Gasteiger partial charge >= 0.3 is 0 Å². The highest BCUT2D eigenvalue weighted by Gasteiger charge is 2.31. The largest absolute Gasteiger partial charge is 0.326 e. The highest BCUT2D eigenvalue weighted by Crippen LogP contribution is 2.29. The third-order valence-electron chi connectivity index (χ3n) is 3.68. The third-order valence-corrected chi connectivity index (χ3v) is 4.89. The van der Waals surface area contributed by atoms with Crippen molar-refractivity contribution in [2.45, 2.75) is 18.5 Å². The number of rotatable bonds is 3. The van der Waals surface area contributed by atoms with Gasteiger partial charge < -0.3 is 5.73 Å². The minimum atomic E-state index is 0.220. The average molecular weight is 293 g/mol. The molecule has 19 heavy (non-hydrogen) atoms. The first-order valence-corrected chi connectivity index (χ1v) is 7.69. The number of nitrogens with two attached hydrogens (primary N) is 1. The Balaban J connectivity index is 1.68. The molecule has 1 fully saturated rings. The molecular formula is C15H17ClN2S. The van der Waals surface area contributed by atoms with Crippen molar-refractivity contribution in [2.75, 3.05) is 13.1 Å². The summed E-state index contributed by atoms with van der Waals surface area (Å²) in [7, 11) is 0. The van der Waals surface area contributed by atoms with Crippen LogP contribution in [0.3, 0.4) is 0 Å². The van der Waals surface area contributed by atoms with Crippen LogP contribution in [0.15, 0.2) is 42.5 Å². The molecule has 0 aliphatic carbocycles. The van der Waals surface area contributed by atoms with Crippen LogP contribution in [0.25, 0.3) is 0 Å². The van der Waals surface area contributed by atoms with Gasteiger partial charge in [0.2, 0.25) is 0 Å². The van der Waals surface area contributed by atoms with Gasteiger partial charge in [0.15, 0.2) is 0 Å². The molecule has 0 amide bonds. The van der Waals surface area contributed by atoms with Gasteiger partial charge in [0, 0.05) is 36.5 Å². The van der Waals surface area contributed by atoms with Gasteiger partial charge in [-0.25, -0.2) is 0 Å². The van der Waals surface area contributed by atoms with Crippen LogP contribution in [0.1, 0.15) is 16.4 Å². The van der Waals surface area contributed by atoms with E-state index in [0.29, 0.717) is 5.92 Å². The van der Waals surface area contributed by atoms with Crippen molar-refractivity contribution in [1.82, 2.24) is 4.90 Å². The first-order valence-electron chi connectivity index (χ1n) is 6.49. The number of benzene rings is 1. The van der Waals surface area contributed by atoms with Crippen LogP contribution in [0.4, 0.5) is 0 Å². The van der Waals surface area contributed by atoms with Crippen LogP contribution in [0.2, 0.25) is 4.34 Å². The highest BCUT2D eigenvalue weighted by molar-refractivity contribution is 7.16. The molecule has 2 heterocycles. The van der Waals surface area contributed by atoms with Crippen LogP contribution in [0, 0.1) is 0 Å². The van der Waals surface area contributed by atoms with Crippen molar-refractivity contribution >= 4 is 22.9 Å². The van der Waals surface area contributed by atoms with Crippen molar-refractivity contribution in [1.29, 1.82) is 0 Å². The summed E-state index contributed by atoms with van der Waals surface area (Å²) in [6.45, 7) is 2.93.